The lowest BCUT2D eigenvalue weighted by Crippen LogP contribution is -2.27. The van der Waals surface area contributed by atoms with E-state index in [9.17, 15) is 0 Å². The van der Waals surface area contributed by atoms with Crippen LogP contribution in [0.25, 0.3) is 0 Å². The van der Waals surface area contributed by atoms with E-state index in [1.54, 1.807) is 0 Å². The Labute approximate surface area is 117 Å². The molecule has 2 rings (SSSR count). The zero-order valence-electron chi connectivity index (χ0n) is 12.5. The summed E-state index contributed by atoms with van der Waals surface area (Å²) in [5.74, 6) is 0.799. The summed E-state index contributed by atoms with van der Waals surface area (Å²) < 4.78 is 5.79. The summed E-state index contributed by atoms with van der Waals surface area (Å²) in [6, 6.07) is 9.38. The number of rotatable bonds is 7. The van der Waals surface area contributed by atoms with E-state index in [2.05, 4.69) is 50.4 Å². The average Bonchev–Trinajstić information content (AvgIpc) is 2.32. The van der Waals surface area contributed by atoms with Crippen LogP contribution >= 0.6 is 0 Å². The van der Waals surface area contributed by atoms with Crippen LogP contribution in [0.2, 0.25) is 0 Å². The molecule has 1 atom stereocenters. The lowest BCUT2D eigenvalue weighted by atomic mass is 9.79. The quantitative estimate of drug-likeness (QED) is 0.800. The Hall–Kier alpha value is -0.860. The molecule has 1 unspecified atom stereocenters. The summed E-state index contributed by atoms with van der Waals surface area (Å²) in [6.07, 6.45) is 4.40. The molecule has 2 heteroatoms. The van der Waals surface area contributed by atoms with Crippen molar-refractivity contribution in [2.75, 3.05) is 13.2 Å². The Morgan fingerprint density at radius 3 is 2.68 bits per heavy atom. The Morgan fingerprint density at radius 1 is 1.32 bits per heavy atom. The average molecular weight is 261 g/mol. The van der Waals surface area contributed by atoms with Gasteiger partial charge in [0.2, 0.25) is 0 Å². The fourth-order valence-electron chi connectivity index (χ4n) is 2.58. The third-order valence-corrected chi connectivity index (χ3v) is 3.94. The van der Waals surface area contributed by atoms with Crippen molar-refractivity contribution in [3.63, 3.8) is 0 Å². The van der Waals surface area contributed by atoms with Crippen molar-refractivity contribution in [1.82, 2.24) is 5.32 Å². The second kappa shape index (κ2) is 7.06. The summed E-state index contributed by atoms with van der Waals surface area (Å²) in [6.45, 7) is 8.05. The lowest BCUT2D eigenvalue weighted by Gasteiger charge is -2.27. The maximum atomic E-state index is 5.79. The number of hydrogen-bond acceptors (Lipinski definition) is 2. The highest BCUT2D eigenvalue weighted by atomic mass is 16.5. The van der Waals surface area contributed by atoms with Crippen molar-refractivity contribution in [2.24, 2.45) is 0 Å². The fourth-order valence-corrected chi connectivity index (χ4v) is 2.58. The molecule has 0 spiro atoms. The molecule has 1 saturated carbocycles. The second-order valence-corrected chi connectivity index (χ2v) is 5.79. The molecular formula is C17H27NO. The molecule has 0 radical (unpaired) electrons. The van der Waals surface area contributed by atoms with Gasteiger partial charge in [-0.05, 0) is 50.3 Å². The van der Waals surface area contributed by atoms with Crippen molar-refractivity contribution in [2.45, 2.75) is 58.1 Å². The first kappa shape index (κ1) is 14.5. The van der Waals surface area contributed by atoms with E-state index in [-0.39, 0.29) is 6.10 Å². The van der Waals surface area contributed by atoms with Gasteiger partial charge in [0.05, 0.1) is 18.8 Å². The first-order valence-electron chi connectivity index (χ1n) is 7.65. The standard InChI is InChI=1S/C17H27NO/c1-4-18-17(12-19-13(2)3)16-10-6-9-15(11-16)14-7-5-8-14/h6,9-11,13-14,17-18H,4-5,7-8,12H2,1-3H3. The predicted octanol–water partition coefficient (Wildman–Crippen LogP) is 4.03. The number of likely N-dealkylation sites (N-methyl/N-ethyl adjacent to an activating group) is 1. The van der Waals surface area contributed by atoms with Gasteiger partial charge in [-0.15, -0.1) is 0 Å². The Bertz CT molecular complexity index is 385. The maximum Gasteiger partial charge on any atom is 0.0664 e. The van der Waals surface area contributed by atoms with Crippen LogP contribution in [-0.2, 0) is 4.74 Å². The summed E-state index contributed by atoms with van der Waals surface area (Å²) in [5.41, 5.74) is 2.88. The molecule has 1 aliphatic carbocycles. The van der Waals surface area contributed by atoms with Gasteiger partial charge in [-0.3, -0.25) is 0 Å². The van der Waals surface area contributed by atoms with Crippen LogP contribution in [0.5, 0.6) is 0 Å². The number of nitrogens with one attached hydrogen (secondary N) is 1. The van der Waals surface area contributed by atoms with E-state index < -0.39 is 0 Å². The van der Waals surface area contributed by atoms with Gasteiger partial charge in [0, 0.05) is 0 Å². The minimum Gasteiger partial charge on any atom is -0.377 e. The first-order valence-corrected chi connectivity index (χ1v) is 7.65. The minimum absolute atomic E-state index is 0.288. The third-order valence-electron chi connectivity index (χ3n) is 3.94. The highest BCUT2D eigenvalue weighted by molar-refractivity contribution is 5.29. The molecule has 1 aromatic rings. The monoisotopic (exact) mass is 261 g/mol. The number of ether oxygens (including phenoxy) is 1. The fraction of sp³-hybridized carbons (Fsp3) is 0.647. The molecular weight excluding hydrogens is 234 g/mol. The molecule has 1 aromatic carbocycles. The van der Waals surface area contributed by atoms with Crippen LogP contribution < -0.4 is 5.32 Å². The number of benzene rings is 1. The van der Waals surface area contributed by atoms with Crippen molar-refractivity contribution in [3.05, 3.63) is 35.4 Å². The summed E-state index contributed by atoms with van der Waals surface area (Å²) in [5, 5.41) is 3.53. The smallest absolute Gasteiger partial charge is 0.0664 e. The number of hydrogen-bond donors (Lipinski definition) is 1. The molecule has 0 aromatic heterocycles. The SMILES string of the molecule is CCNC(COC(C)C)c1cccc(C2CCC2)c1. The van der Waals surface area contributed by atoms with Gasteiger partial charge in [0.1, 0.15) is 0 Å². The molecule has 0 saturated heterocycles. The lowest BCUT2D eigenvalue weighted by molar-refractivity contribution is 0.0614. The highest BCUT2D eigenvalue weighted by Gasteiger charge is 2.20. The summed E-state index contributed by atoms with van der Waals surface area (Å²) in [4.78, 5) is 0. The van der Waals surface area contributed by atoms with Crippen LogP contribution in [0.4, 0.5) is 0 Å². The molecule has 1 aliphatic rings. The van der Waals surface area contributed by atoms with Gasteiger partial charge in [0.15, 0.2) is 0 Å². The van der Waals surface area contributed by atoms with Crippen LogP contribution in [0.3, 0.4) is 0 Å². The molecule has 19 heavy (non-hydrogen) atoms. The summed E-state index contributed by atoms with van der Waals surface area (Å²) in [7, 11) is 0. The van der Waals surface area contributed by atoms with E-state index in [4.69, 9.17) is 4.74 Å². The van der Waals surface area contributed by atoms with Crippen LogP contribution in [-0.4, -0.2) is 19.3 Å². The third kappa shape index (κ3) is 4.05. The van der Waals surface area contributed by atoms with Crippen molar-refractivity contribution in [1.29, 1.82) is 0 Å². The molecule has 0 heterocycles. The Balaban J connectivity index is 2.06. The Kier molecular flexibility index (Phi) is 5.41. The van der Waals surface area contributed by atoms with Crippen LogP contribution in [0.15, 0.2) is 24.3 Å². The molecule has 1 N–H and O–H groups in total. The zero-order valence-corrected chi connectivity index (χ0v) is 12.5. The van der Waals surface area contributed by atoms with Gasteiger partial charge >= 0.3 is 0 Å². The van der Waals surface area contributed by atoms with E-state index in [0.29, 0.717) is 6.04 Å². The van der Waals surface area contributed by atoms with Crippen molar-refractivity contribution in [3.8, 4) is 0 Å². The van der Waals surface area contributed by atoms with Crippen molar-refractivity contribution >= 4 is 0 Å². The highest BCUT2D eigenvalue weighted by Crippen LogP contribution is 2.37. The van der Waals surface area contributed by atoms with Gasteiger partial charge in [0.25, 0.3) is 0 Å². The molecule has 0 bridgehead atoms. The van der Waals surface area contributed by atoms with Crippen molar-refractivity contribution < 1.29 is 4.74 Å². The van der Waals surface area contributed by atoms with E-state index in [1.165, 1.54) is 30.4 Å². The zero-order chi connectivity index (χ0) is 13.7. The summed E-state index contributed by atoms with van der Waals surface area (Å²) >= 11 is 0. The van der Waals surface area contributed by atoms with E-state index >= 15 is 0 Å². The largest absolute Gasteiger partial charge is 0.377 e. The van der Waals surface area contributed by atoms with Gasteiger partial charge in [-0.25, -0.2) is 0 Å². The van der Waals surface area contributed by atoms with Gasteiger partial charge in [-0.2, -0.15) is 0 Å². The second-order valence-electron chi connectivity index (χ2n) is 5.79. The topological polar surface area (TPSA) is 21.3 Å². The predicted molar refractivity (Wildman–Crippen MR) is 80.5 cm³/mol. The van der Waals surface area contributed by atoms with E-state index in [0.717, 1.165) is 19.1 Å². The Morgan fingerprint density at radius 2 is 2.11 bits per heavy atom. The minimum atomic E-state index is 0.288. The first-order chi connectivity index (χ1) is 9.20. The van der Waals surface area contributed by atoms with Gasteiger partial charge in [-0.1, -0.05) is 37.6 Å². The van der Waals surface area contributed by atoms with Crippen LogP contribution in [0, 0.1) is 0 Å². The normalized spacial score (nSPS) is 17.5. The van der Waals surface area contributed by atoms with E-state index in [1.807, 2.05) is 0 Å². The molecule has 2 nitrogen and oxygen atoms in total. The molecule has 0 aliphatic heterocycles. The van der Waals surface area contributed by atoms with Crippen LogP contribution in [0.1, 0.15) is 63.1 Å². The van der Waals surface area contributed by atoms with Gasteiger partial charge < -0.3 is 10.1 Å². The molecule has 0 amide bonds. The molecule has 1 fully saturated rings. The molecule has 106 valence electrons. The maximum absolute atomic E-state index is 5.79.